The van der Waals surface area contributed by atoms with Gasteiger partial charge in [0.1, 0.15) is 12.4 Å². The molecule has 1 saturated carbocycles. The Morgan fingerprint density at radius 2 is 1.84 bits per heavy atom. The quantitative estimate of drug-likeness (QED) is 0.642. The molecule has 2 fully saturated rings. The summed E-state index contributed by atoms with van der Waals surface area (Å²) in [5.74, 6) is 0.986. The Balaban J connectivity index is 1.28. The van der Waals surface area contributed by atoms with Crippen LogP contribution in [0.4, 0.5) is 0 Å². The second kappa shape index (κ2) is 10.1. The summed E-state index contributed by atoms with van der Waals surface area (Å²) in [5.41, 5.74) is 4.29. The number of carbonyl (C=O) groups excluding carboxylic acids is 1. The molecule has 1 aliphatic carbocycles. The fourth-order valence-electron chi connectivity index (χ4n) is 4.74. The van der Waals surface area contributed by atoms with Gasteiger partial charge in [0.25, 0.3) is 0 Å². The summed E-state index contributed by atoms with van der Waals surface area (Å²) in [4.78, 5) is 15.4. The smallest absolute Gasteiger partial charge is 0.230 e. The molecule has 5 nitrogen and oxygen atoms in total. The number of carbonyl (C=O) groups is 1. The third kappa shape index (κ3) is 5.51. The van der Waals surface area contributed by atoms with Crippen molar-refractivity contribution in [3.8, 4) is 5.75 Å². The van der Waals surface area contributed by atoms with Crippen LogP contribution in [0.15, 0.2) is 42.5 Å². The normalized spacial score (nSPS) is 17.9. The van der Waals surface area contributed by atoms with E-state index in [0.717, 1.165) is 62.3 Å². The minimum absolute atomic E-state index is 0.131. The number of rotatable bonds is 9. The zero-order valence-electron chi connectivity index (χ0n) is 19.7. The van der Waals surface area contributed by atoms with E-state index in [9.17, 15) is 4.79 Å². The maximum Gasteiger partial charge on any atom is 0.230 e. The van der Waals surface area contributed by atoms with Crippen molar-refractivity contribution < 1.29 is 14.3 Å². The van der Waals surface area contributed by atoms with Crippen molar-refractivity contribution in [1.82, 2.24) is 10.2 Å². The van der Waals surface area contributed by atoms with Crippen LogP contribution < -0.4 is 10.1 Å². The Labute approximate surface area is 192 Å². The van der Waals surface area contributed by atoms with Gasteiger partial charge in [-0.1, -0.05) is 41.5 Å². The van der Waals surface area contributed by atoms with Gasteiger partial charge >= 0.3 is 0 Å². The van der Waals surface area contributed by atoms with Crippen LogP contribution in [0.5, 0.6) is 5.75 Å². The summed E-state index contributed by atoms with van der Waals surface area (Å²) in [6, 6.07) is 15.1. The molecule has 0 bridgehead atoms. The molecule has 2 aliphatic rings. The molecule has 0 spiro atoms. The Morgan fingerprint density at radius 3 is 2.53 bits per heavy atom. The van der Waals surface area contributed by atoms with Crippen LogP contribution >= 0.6 is 0 Å². The lowest BCUT2D eigenvalue weighted by Crippen LogP contribution is -2.38. The standard InChI is InChI=1S/C27H36N2O3/c1-20-15-21(2)17-23(16-20)27(9-10-27)26(30)28-19-22-5-4-6-25(18-22)32-14-11-29(3)24-7-12-31-13-8-24/h4-6,15-18,24H,7-14,19H2,1-3H3,(H,28,30). The highest BCUT2D eigenvalue weighted by atomic mass is 16.5. The molecule has 5 heteroatoms. The number of benzene rings is 2. The van der Waals surface area contributed by atoms with Gasteiger partial charge in [0.05, 0.1) is 5.41 Å². The maximum absolute atomic E-state index is 13.0. The van der Waals surface area contributed by atoms with E-state index in [1.807, 2.05) is 24.3 Å². The SMILES string of the molecule is Cc1cc(C)cc(C2(C(=O)NCc3cccc(OCCN(C)C4CCOCC4)c3)CC2)c1. The van der Waals surface area contributed by atoms with Gasteiger partial charge in [-0.2, -0.15) is 0 Å². The zero-order valence-corrected chi connectivity index (χ0v) is 19.7. The molecule has 1 amide bonds. The van der Waals surface area contributed by atoms with Gasteiger partial charge in [-0.05, 0) is 69.8 Å². The number of nitrogens with one attached hydrogen (secondary N) is 1. The second-order valence-electron chi connectivity index (χ2n) is 9.46. The first-order valence-corrected chi connectivity index (χ1v) is 11.8. The molecule has 4 rings (SSSR count). The highest BCUT2D eigenvalue weighted by Crippen LogP contribution is 2.48. The summed E-state index contributed by atoms with van der Waals surface area (Å²) in [6.45, 7) is 7.96. The van der Waals surface area contributed by atoms with E-state index in [1.165, 1.54) is 11.1 Å². The molecule has 0 atom stereocenters. The molecular weight excluding hydrogens is 400 g/mol. The molecule has 1 aliphatic heterocycles. The second-order valence-corrected chi connectivity index (χ2v) is 9.46. The van der Waals surface area contributed by atoms with E-state index >= 15 is 0 Å². The van der Waals surface area contributed by atoms with E-state index in [4.69, 9.17) is 9.47 Å². The van der Waals surface area contributed by atoms with Crippen molar-refractivity contribution in [3.63, 3.8) is 0 Å². The van der Waals surface area contributed by atoms with Crippen LogP contribution in [0.2, 0.25) is 0 Å². The molecule has 1 saturated heterocycles. The van der Waals surface area contributed by atoms with Gasteiger partial charge in [0.15, 0.2) is 0 Å². The first-order chi connectivity index (χ1) is 15.5. The fraction of sp³-hybridized carbons (Fsp3) is 0.519. The highest BCUT2D eigenvalue weighted by molar-refractivity contribution is 5.91. The Hall–Kier alpha value is -2.37. The number of amides is 1. The molecular formula is C27H36N2O3. The summed E-state index contributed by atoms with van der Waals surface area (Å²) in [5, 5.41) is 3.17. The number of nitrogens with zero attached hydrogens (tertiary/aromatic N) is 1. The van der Waals surface area contributed by atoms with E-state index in [-0.39, 0.29) is 11.3 Å². The van der Waals surface area contributed by atoms with Crippen molar-refractivity contribution >= 4 is 5.91 Å². The van der Waals surface area contributed by atoms with Crippen LogP contribution in [-0.2, 0) is 21.5 Å². The van der Waals surface area contributed by atoms with Crippen LogP contribution in [0.25, 0.3) is 0 Å². The zero-order chi connectivity index (χ0) is 22.6. The van der Waals surface area contributed by atoms with Crippen molar-refractivity contribution in [3.05, 3.63) is 64.7 Å². The van der Waals surface area contributed by atoms with Gasteiger partial charge in [-0.3, -0.25) is 9.69 Å². The lowest BCUT2D eigenvalue weighted by Gasteiger charge is -2.31. The molecule has 1 heterocycles. The predicted molar refractivity (Wildman–Crippen MR) is 127 cm³/mol. The summed E-state index contributed by atoms with van der Waals surface area (Å²) < 4.78 is 11.5. The van der Waals surface area contributed by atoms with Crippen molar-refractivity contribution in [2.24, 2.45) is 0 Å². The highest BCUT2D eigenvalue weighted by Gasteiger charge is 2.51. The van der Waals surface area contributed by atoms with E-state index in [1.54, 1.807) is 0 Å². The molecule has 1 N–H and O–H groups in total. The Bertz CT molecular complexity index is 912. The van der Waals surface area contributed by atoms with E-state index < -0.39 is 0 Å². The first kappa shape index (κ1) is 22.8. The maximum atomic E-state index is 13.0. The molecule has 0 radical (unpaired) electrons. The Morgan fingerprint density at radius 1 is 1.12 bits per heavy atom. The average Bonchev–Trinajstić information content (AvgIpc) is 3.60. The van der Waals surface area contributed by atoms with Crippen LogP contribution in [0.3, 0.4) is 0 Å². The lowest BCUT2D eigenvalue weighted by molar-refractivity contribution is -0.123. The van der Waals surface area contributed by atoms with Crippen molar-refractivity contribution in [2.75, 3.05) is 33.4 Å². The van der Waals surface area contributed by atoms with Crippen LogP contribution in [0, 0.1) is 13.8 Å². The molecule has 0 aromatic heterocycles. The predicted octanol–water partition coefficient (Wildman–Crippen LogP) is 4.14. The topological polar surface area (TPSA) is 50.8 Å². The van der Waals surface area contributed by atoms with Crippen molar-refractivity contribution in [2.45, 2.75) is 57.5 Å². The number of likely N-dealkylation sites (N-methyl/N-ethyl adjacent to an activating group) is 1. The minimum atomic E-state index is -0.348. The van der Waals surface area contributed by atoms with Gasteiger partial charge in [-0.15, -0.1) is 0 Å². The van der Waals surface area contributed by atoms with E-state index in [2.05, 4.69) is 49.3 Å². The average molecular weight is 437 g/mol. The molecule has 2 aromatic rings. The van der Waals surface area contributed by atoms with Gasteiger partial charge in [0, 0.05) is 32.3 Å². The number of hydrogen-bond donors (Lipinski definition) is 1. The third-order valence-corrected chi connectivity index (χ3v) is 6.84. The molecule has 172 valence electrons. The van der Waals surface area contributed by atoms with Crippen molar-refractivity contribution in [1.29, 1.82) is 0 Å². The Kier molecular flexibility index (Phi) is 7.17. The number of ether oxygens (including phenoxy) is 2. The number of hydrogen-bond acceptors (Lipinski definition) is 4. The summed E-state index contributed by atoms with van der Waals surface area (Å²) in [7, 11) is 2.16. The number of aryl methyl sites for hydroxylation is 2. The largest absolute Gasteiger partial charge is 0.492 e. The van der Waals surface area contributed by atoms with Gasteiger partial charge < -0.3 is 14.8 Å². The van der Waals surface area contributed by atoms with Gasteiger partial charge in [-0.25, -0.2) is 0 Å². The summed E-state index contributed by atoms with van der Waals surface area (Å²) >= 11 is 0. The van der Waals surface area contributed by atoms with Gasteiger partial charge in [0.2, 0.25) is 5.91 Å². The molecule has 0 unspecified atom stereocenters. The lowest BCUT2D eigenvalue weighted by atomic mass is 9.92. The minimum Gasteiger partial charge on any atom is -0.492 e. The first-order valence-electron chi connectivity index (χ1n) is 11.8. The summed E-state index contributed by atoms with van der Waals surface area (Å²) in [6.07, 6.45) is 4.03. The third-order valence-electron chi connectivity index (χ3n) is 6.84. The fourth-order valence-corrected chi connectivity index (χ4v) is 4.74. The molecule has 2 aromatic carbocycles. The van der Waals surface area contributed by atoms with E-state index in [0.29, 0.717) is 19.2 Å². The molecule has 32 heavy (non-hydrogen) atoms. The van der Waals surface area contributed by atoms with Crippen LogP contribution in [-0.4, -0.2) is 50.3 Å². The van der Waals surface area contributed by atoms with Crippen LogP contribution in [0.1, 0.15) is 47.9 Å². The monoisotopic (exact) mass is 436 g/mol.